The summed E-state index contributed by atoms with van der Waals surface area (Å²) in [5.74, 6) is -0.462. The summed E-state index contributed by atoms with van der Waals surface area (Å²) in [5, 5.41) is 1.32. The van der Waals surface area contributed by atoms with Crippen LogP contribution in [0.1, 0.15) is 33.3 Å². The highest BCUT2D eigenvalue weighted by molar-refractivity contribution is 9.10. The van der Waals surface area contributed by atoms with Gasteiger partial charge in [-0.2, -0.15) is 0 Å². The standard InChI is InChI=1S/C27H28BrN2O3P/c1-20(2)33-25(31)26(3)27(4,21-12-11-13-22(28)18-21)30(19-29-26)34(32,23-14-7-5-8-15-23)24-16-9-6-10-17-24/h5-20H,1-4H3/t26-,27-/m0/s1. The second-order valence-corrected chi connectivity index (χ2v) is 12.5. The zero-order valence-corrected chi connectivity index (χ0v) is 22.2. The van der Waals surface area contributed by atoms with Gasteiger partial charge in [-0.05, 0) is 69.7 Å². The van der Waals surface area contributed by atoms with Crippen LogP contribution in [0, 0.1) is 0 Å². The third-order valence-electron chi connectivity index (χ3n) is 6.47. The van der Waals surface area contributed by atoms with E-state index in [0.29, 0.717) is 10.6 Å². The van der Waals surface area contributed by atoms with E-state index in [2.05, 4.69) is 15.9 Å². The Bertz CT molecular complexity index is 1220. The molecule has 0 unspecified atom stereocenters. The van der Waals surface area contributed by atoms with Crippen molar-refractivity contribution < 1.29 is 14.1 Å². The van der Waals surface area contributed by atoms with Crippen molar-refractivity contribution in [3.05, 3.63) is 95.0 Å². The fourth-order valence-corrected chi connectivity index (χ4v) is 7.85. The van der Waals surface area contributed by atoms with Crippen LogP contribution in [-0.2, 0) is 19.6 Å². The Labute approximate surface area is 209 Å². The van der Waals surface area contributed by atoms with Crippen LogP contribution in [0.4, 0.5) is 0 Å². The van der Waals surface area contributed by atoms with Crippen molar-refractivity contribution in [2.24, 2.45) is 4.99 Å². The van der Waals surface area contributed by atoms with E-state index < -0.39 is 24.3 Å². The quantitative estimate of drug-likeness (QED) is 0.300. The maximum Gasteiger partial charge on any atom is 0.336 e. The van der Waals surface area contributed by atoms with Gasteiger partial charge in [-0.1, -0.05) is 64.5 Å². The predicted molar refractivity (Wildman–Crippen MR) is 141 cm³/mol. The highest BCUT2D eigenvalue weighted by Gasteiger charge is 2.63. The number of halogens is 1. The molecule has 34 heavy (non-hydrogen) atoms. The second kappa shape index (κ2) is 9.16. The molecule has 0 aliphatic carbocycles. The minimum absolute atomic E-state index is 0.310. The van der Waals surface area contributed by atoms with E-state index in [1.54, 1.807) is 17.9 Å². The summed E-state index contributed by atoms with van der Waals surface area (Å²) in [7, 11) is -3.47. The lowest BCUT2D eigenvalue weighted by atomic mass is 9.75. The fraction of sp³-hybridized carbons (Fsp3) is 0.259. The van der Waals surface area contributed by atoms with Crippen LogP contribution in [0.25, 0.3) is 0 Å². The average Bonchev–Trinajstić information content (AvgIpc) is 3.12. The number of ether oxygens (including phenoxy) is 1. The molecular formula is C27H28BrN2O3P. The molecule has 2 atom stereocenters. The van der Waals surface area contributed by atoms with Crippen LogP contribution in [0.5, 0.6) is 0 Å². The second-order valence-electron chi connectivity index (χ2n) is 8.95. The molecule has 0 N–H and O–H groups in total. The molecule has 0 amide bonds. The van der Waals surface area contributed by atoms with Crippen LogP contribution < -0.4 is 10.6 Å². The number of nitrogens with zero attached hydrogens (tertiary/aromatic N) is 2. The third kappa shape index (κ3) is 3.83. The third-order valence-corrected chi connectivity index (χ3v) is 10.1. The van der Waals surface area contributed by atoms with Crippen LogP contribution in [-0.4, -0.2) is 28.6 Å². The lowest BCUT2D eigenvalue weighted by Gasteiger charge is -2.47. The Morgan fingerprint density at radius 3 is 2.00 bits per heavy atom. The van der Waals surface area contributed by atoms with Crippen molar-refractivity contribution in [1.29, 1.82) is 0 Å². The topological polar surface area (TPSA) is 59.0 Å². The normalized spacial score (nSPS) is 22.2. The molecule has 1 aliphatic rings. The number of aliphatic imine (C=N–C) groups is 1. The van der Waals surface area contributed by atoms with Crippen molar-refractivity contribution in [2.45, 2.75) is 44.9 Å². The molecule has 0 spiro atoms. The van der Waals surface area contributed by atoms with E-state index in [1.807, 2.05) is 106 Å². The fourth-order valence-electron chi connectivity index (χ4n) is 4.43. The maximum absolute atomic E-state index is 15.3. The van der Waals surface area contributed by atoms with Crippen molar-refractivity contribution >= 4 is 46.1 Å². The van der Waals surface area contributed by atoms with Crippen molar-refractivity contribution in [2.75, 3.05) is 0 Å². The largest absolute Gasteiger partial charge is 0.461 e. The number of carbonyl (C=O) groups is 1. The van der Waals surface area contributed by atoms with Crippen molar-refractivity contribution in [3.63, 3.8) is 0 Å². The molecule has 176 valence electrons. The van der Waals surface area contributed by atoms with Crippen LogP contribution >= 0.6 is 23.2 Å². The van der Waals surface area contributed by atoms with Gasteiger partial charge >= 0.3 is 5.97 Å². The van der Waals surface area contributed by atoms with Gasteiger partial charge in [0.1, 0.15) is 5.54 Å². The van der Waals surface area contributed by atoms with E-state index >= 15 is 4.57 Å². The Kier molecular flexibility index (Phi) is 6.58. The highest BCUT2D eigenvalue weighted by Crippen LogP contribution is 2.59. The molecule has 7 heteroatoms. The minimum Gasteiger partial charge on any atom is -0.461 e. The summed E-state index contributed by atoms with van der Waals surface area (Å²) in [4.78, 5) is 18.3. The van der Waals surface area contributed by atoms with Gasteiger partial charge in [0.05, 0.1) is 12.4 Å². The zero-order valence-electron chi connectivity index (χ0n) is 19.7. The smallest absolute Gasteiger partial charge is 0.336 e. The monoisotopic (exact) mass is 538 g/mol. The van der Waals surface area contributed by atoms with Gasteiger partial charge in [-0.3, -0.25) is 14.2 Å². The van der Waals surface area contributed by atoms with E-state index in [1.165, 1.54) is 0 Å². The van der Waals surface area contributed by atoms with Crippen molar-refractivity contribution in [1.82, 2.24) is 4.67 Å². The summed E-state index contributed by atoms with van der Waals surface area (Å²) < 4.78 is 23.6. The first-order valence-corrected chi connectivity index (χ1v) is 13.6. The van der Waals surface area contributed by atoms with E-state index in [-0.39, 0.29) is 6.10 Å². The Hall–Kier alpha value is -2.69. The number of carbonyl (C=O) groups excluding carboxylic acids is 1. The molecule has 4 rings (SSSR count). The molecule has 3 aromatic carbocycles. The Morgan fingerprint density at radius 1 is 0.941 bits per heavy atom. The number of benzene rings is 3. The van der Waals surface area contributed by atoms with Gasteiger partial charge < -0.3 is 4.74 Å². The minimum atomic E-state index is -3.47. The molecule has 1 aliphatic heterocycles. The van der Waals surface area contributed by atoms with Crippen molar-refractivity contribution in [3.8, 4) is 0 Å². The average molecular weight is 539 g/mol. The zero-order chi connectivity index (χ0) is 24.6. The molecule has 0 aromatic heterocycles. The van der Waals surface area contributed by atoms with E-state index in [9.17, 15) is 4.79 Å². The summed E-state index contributed by atoms with van der Waals surface area (Å²) >= 11 is 3.56. The van der Waals surface area contributed by atoms with Crippen LogP contribution in [0.15, 0.2) is 94.4 Å². The first-order chi connectivity index (χ1) is 16.1. The molecule has 1 heterocycles. The maximum atomic E-state index is 15.3. The molecular weight excluding hydrogens is 511 g/mol. The first kappa shape index (κ1) is 24.4. The van der Waals surface area contributed by atoms with Gasteiger partial charge in [-0.25, -0.2) is 4.79 Å². The molecule has 0 saturated carbocycles. The summed E-state index contributed by atoms with van der Waals surface area (Å²) in [6, 6.07) is 26.5. The molecule has 0 bridgehead atoms. The predicted octanol–water partition coefficient (Wildman–Crippen LogP) is 5.65. The van der Waals surface area contributed by atoms with Gasteiger partial charge in [0.25, 0.3) is 0 Å². The number of esters is 1. The number of rotatable bonds is 6. The highest BCUT2D eigenvalue weighted by atomic mass is 79.9. The lowest BCUT2D eigenvalue weighted by Crippen LogP contribution is -2.57. The summed E-state index contributed by atoms with van der Waals surface area (Å²) in [6.07, 6.45) is 1.26. The Morgan fingerprint density at radius 2 is 1.50 bits per heavy atom. The summed E-state index contributed by atoms with van der Waals surface area (Å²) in [6.45, 7) is 7.30. The Balaban J connectivity index is 2.01. The molecule has 3 aromatic rings. The van der Waals surface area contributed by atoms with Gasteiger partial charge in [0.2, 0.25) is 7.29 Å². The van der Waals surface area contributed by atoms with Gasteiger partial charge in [-0.15, -0.1) is 0 Å². The lowest BCUT2D eigenvalue weighted by molar-refractivity contribution is -0.156. The van der Waals surface area contributed by atoms with E-state index in [0.717, 1.165) is 10.0 Å². The SMILES string of the molecule is CC(C)OC(=O)[C@]1(C)N=CN(P(=O)(c2ccccc2)c2ccccc2)[C@@]1(C)c1cccc(Br)c1. The molecule has 0 saturated heterocycles. The molecule has 0 fully saturated rings. The number of hydrogen-bond acceptors (Lipinski definition) is 4. The van der Waals surface area contributed by atoms with Gasteiger partial charge in [0, 0.05) is 15.1 Å². The summed E-state index contributed by atoms with van der Waals surface area (Å²) in [5.41, 5.74) is -1.64. The molecule has 0 radical (unpaired) electrons. The molecule has 5 nitrogen and oxygen atoms in total. The van der Waals surface area contributed by atoms with Gasteiger partial charge in [0.15, 0.2) is 5.54 Å². The number of hydrogen-bond donors (Lipinski definition) is 0. The van der Waals surface area contributed by atoms with Crippen LogP contribution in [0.3, 0.4) is 0 Å². The van der Waals surface area contributed by atoms with E-state index in [4.69, 9.17) is 9.73 Å². The first-order valence-electron chi connectivity index (χ1n) is 11.2. The van der Waals surface area contributed by atoms with Crippen LogP contribution in [0.2, 0.25) is 0 Å².